The molecule has 0 radical (unpaired) electrons. The Morgan fingerprint density at radius 2 is 2.24 bits per heavy atom. The number of hydrogen-bond acceptors (Lipinski definition) is 4. The number of pyridine rings is 1. The summed E-state index contributed by atoms with van der Waals surface area (Å²) in [5.74, 6) is 0.798. The number of carbonyl (C=O) groups excluding carboxylic acids is 1. The number of aryl methyl sites for hydroxylation is 1. The fourth-order valence-electron chi connectivity index (χ4n) is 2.70. The molecule has 2 rings (SSSR count). The average molecular weight is 290 g/mol. The first kappa shape index (κ1) is 15.8. The molecule has 1 aliphatic rings. The van der Waals surface area contributed by atoms with Crippen LogP contribution >= 0.6 is 0 Å². The van der Waals surface area contributed by atoms with E-state index in [-0.39, 0.29) is 11.9 Å². The van der Waals surface area contributed by atoms with Gasteiger partial charge in [-0.2, -0.15) is 0 Å². The van der Waals surface area contributed by atoms with Crippen molar-refractivity contribution in [1.29, 1.82) is 0 Å². The Bertz CT molecular complexity index is 465. The van der Waals surface area contributed by atoms with Gasteiger partial charge in [-0.3, -0.25) is 4.79 Å². The molecule has 0 aromatic carbocycles. The topological polar surface area (TPSA) is 57.3 Å². The standard InChI is InChI=1S/C16H26N4O/c1-4-6-13-9-12(10-15(18-13)17-5-2)16(21)19-14-7-8-20(3)11-14/h9-10,14H,4-8,11H2,1-3H3,(H,17,18)(H,19,21). The van der Waals surface area contributed by atoms with E-state index in [0.29, 0.717) is 5.56 Å². The SMILES string of the molecule is CCCc1cc(C(=O)NC2CCN(C)C2)cc(NCC)n1. The second-order valence-electron chi connectivity index (χ2n) is 5.73. The smallest absolute Gasteiger partial charge is 0.251 e. The van der Waals surface area contributed by atoms with Crippen molar-refractivity contribution in [2.45, 2.75) is 39.2 Å². The quantitative estimate of drug-likeness (QED) is 0.840. The average Bonchev–Trinajstić information content (AvgIpc) is 2.84. The molecule has 1 aromatic heterocycles. The van der Waals surface area contributed by atoms with Crippen LogP contribution in [0.3, 0.4) is 0 Å². The first-order valence-electron chi connectivity index (χ1n) is 7.86. The second kappa shape index (κ2) is 7.41. The van der Waals surface area contributed by atoms with Crippen LogP contribution in [0.2, 0.25) is 0 Å². The maximum absolute atomic E-state index is 12.4. The number of rotatable bonds is 6. The molecule has 1 fully saturated rings. The predicted octanol–water partition coefficient (Wildman–Crippen LogP) is 1.90. The highest BCUT2D eigenvalue weighted by Crippen LogP contribution is 2.14. The molecule has 116 valence electrons. The van der Waals surface area contributed by atoms with Gasteiger partial charge in [0.25, 0.3) is 5.91 Å². The molecule has 0 saturated carbocycles. The van der Waals surface area contributed by atoms with Crippen LogP contribution in [0.5, 0.6) is 0 Å². The largest absolute Gasteiger partial charge is 0.370 e. The van der Waals surface area contributed by atoms with Gasteiger partial charge in [0.1, 0.15) is 5.82 Å². The summed E-state index contributed by atoms with van der Waals surface area (Å²) in [5, 5.41) is 6.33. The lowest BCUT2D eigenvalue weighted by Gasteiger charge is -2.14. The molecule has 1 aromatic rings. The lowest BCUT2D eigenvalue weighted by atomic mass is 10.1. The molecule has 5 heteroatoms. The fraction of sp³-hybridized carbons (Fsp3) is 0.625. The van der Waals surface area contributed by atoms with Crippen molar-refractivity contribution in [3.05, 3.63) is 23.4 Å². The highest BCUT2D eigenvalue weighted by molar-refractivity contribution is 5.95. The summed E-state index contributed by atoms with van der Waals surface area (Å²) in [5.41, 5.74) is 1.68. The van der Waals surface area contributed by atoms with Gasteiger partial charge in [-0.15, -0.1) is 0 Å². The van der Waals surface area contributed by atoms with Gasteiger partial charge in [0, 0.05) is 30.4 Å². The molecule has 1 unspecified atom stereocenters. The molecule has 1 atom stereocenters. The zero-order chi connectivity index (χ0) is 15.2. The summed E-state index contributed by atoms with van der Waals surface area (Å²) in [4.78, 5) is 19.2. The Morgan fingerprint density at radius 3 is 2.86 bits per heavy atom. The van der Waals surface area contributed by atoms with Gasteiger partial charge in [-0.1, -0.05) is 13.3 Å². The van der Waals surface area contributed by atoms with E-state index in [4.69, 9.17) is 0 Å². The Kier molecular flexibility index (Phi) is 5.56. The van der Waals surface area contributed by atoms with Crippen LogP contribution in [-0.4, -0.2) is 48.5 Å². The molecule has 0 spiro atoms. The van der Waals surface area contributed by atoms with Crippen LogP contribution in [0.1, 0.15) is 42.7 Å². The molecule has 1 aliphatic heterocycles. The van der Waals surface area contributed by atoms with E-state index < -0.39 is 0 Å². The van der Waals surface area contributed by atoms with E-state index in [1.165, 1.54) is 0 Å². The third-order valence-corrected chi connectivity index (χ3v) is 3.73. The second-order valence-corrected chi connectivity index (χ2v) is 5.73. The Morgan fingerprint density at radius 1 is 1.43 bits per heavy atom. The van der Waals surface area contributed by atoms with Crippen molar-refractivity contribution >= 4 is 11.7 Å². The van der Waals surface area contributed by atoms with Crippen LogP contribution in [0.25, 0.3) is 0 Å². The van der Waals surface area contributed by atoms with E-state index in [1.54, 1.807) is 0 Å². The molecule has 1 amide bonds. The number of nitrogens with one attached hydrogen (secondary N) is 2. The number of likely N-dealkylation sites (N-methyl/N-ethyl adjacent to an activating group) is 1. The van der Waals surface area contributed by atoms with Crippen molar-refractivity contribution < 1.29 is 4.79 Å². The van der Waals surface area contributed by atoms with Crippen molar-refractivity contribution in [3.63, 3.8) is 0 Å². The van der Waals surface area contributed by atoms with Crippen molar-refractivity contribution in [3.8, 4) is 0 Å². The number of aromatic nitrogens is 1. The van der Waals surface area contributed by atoms with E-state index in [2.05, 4.69) is 34.5 Å². The summed E-state index contributed by atoms with van der Waals surface area (Å²) in [6.07, 6.45) is 2.94. The van der Waals surface area contributed by atoms with Gasteiger partial charge in [-0.25, -0.2) is 4.98 Å². The van der Waals surface area contributed by atoms with Crippen LogP contribution < -0.4 is 10.6 Å². The van der Waals surface area contributed by atoms with Crippen LogP contribution in [0.15, 0.2) is 12.1 Å². The van der Waals surface area contributed by atoms with Crippen molar-refractivity contribution in [2.75, 3.05) is 32.0 Å². The highest BCUT2D eigenvalue weighted by Gasteiger charge is 2.22. The Hall–Kier alpha value is -1.62. The van der Waals surface area contributed by atoms with Crippen molar-refractivity contribution in [1.82, 2.24) is 15.2 Å². The maximum Gasteiger partial charge on any atom is 0.251 e. The molecular formula is C16H26N4O. The minimum Gasteiger partial charge on any atom is -0.370 e. The molecule has 1 saturated heterocycles. The molecule has 2 heterocycles. The minimum absolute atomic E-state index is 0.00852. The number of hydrogen-bond donors (Lipinski definition) is 2. The highest BCUT2D eigenvalue weighted by atomic mass is 16.1. The lowest BCUT2D eigenvalue weighted by Crippen LogP contribution is -2.36. The molecule has 2 N–H and O–H groups in total. The van der Waals surface area contributed by atoms with Crippen LogP contribution in [0.4, 0.5) is 5.82 Å². The molecule has 0 bridgehead atoms. The minimum atomic E-state index is 0.00852. The van der Waals surface area contributed by atoms with Gasteiger partial charge >= 0.3 is 0 Å². The van der Waals surface area contributed by atoms with Gasteiger partial charge in [-0.05, 0) is 45.5 Å². The Balaban J connectivity index is 2.10. The number of carbonyl (C=O) groups is 1. The number of likely N-dealkylation sites (tertiary alicyclic amines) is 1. The van der Waals surface area contributed by atoms with Gasteiger partial charge in [0.2, 0.25) is 0 Å². The summed E-state index contributed by atoms with van der Waals surface area (Å²) < 4.78 is 0. The van der Waals surface area contributed by atoms with E-state index in [1.807, 2.05) is 19.1 Å². The predicted molar refractivity (Wildman–Crippen MR) is 85.8 cm³/mol. The van der Waals surface area contributed by atoms with Crippen molar-refractivity contribution in [2.24, 2.45) is 0 Å². The molecule has 0 aliphatic carbocycles. The van der Waals surface area contributed by atoms with Crippen LogP contribution in [-0.2, 0) is 6.42 Å². The Labute approximate surface area is 127 Å². The summed E-state index contributed by atoms with van der Waals surface area (Å²) >= 11 is 0. The summed E-state index contributed by atoms with van der Waals surface area (Å²) in [6, 6.07) is 4.02. The molecule has 5 nitrogen and oxygen atoms in total. The lowest BCUT2D eigenvalue weighted by molar-refractivity contribution is 0.0938. The summed E-state index contributed by atoms with van der Waals surface area (Å²) in [7, 11) is 2.08. The number of anilines is 1. The monoisotopic (exact) mass is 290 g/mol. The number of nitrogens with zero attached hydrogens (tertiary/aromatic N) is 2. The maximum atomic E-state index is 12.4. The van der Waals surface area contributed by atoms with Gasteiger partial charge in [0.05, 0.1) is 0 Å². The van der Waals surface area contributed by atoms with Gasteiger partial charge < -0.3 is 15.5 Å². The molecule has 21 heavy (non-hydrogen) atoms. The van der Waals surface area contributed by atoms with E-state index >= 15 is 0 Å². The molecular weight excluding hydrogens is 264 g/mol. The first-order valence-corrected chi connectivity index (χ1v) is 7.86. The summed E-state index contributed by atoms with van der Waals surface area (Å²) in [6.45, 7) is 6.93. The third kappa shape index (κ3) is 4.43. The van der Waals surface area contributed by atoms with Gasteiger partial charge in [0.15, 0.2) is 0 Å². The fourth-order valence-corrected chi connectivity index (χ4v) is 2.70. The van der Waals surface area contributed by atoms with Crippen LogP contribution in [0, 0.1) is 0 Å². The number of amides is 1. The first-order chi connectivity index (χ1) is 10.1. The zero-order valence-corrected chi connectivity index (χ0v) is 13.3. The normalized spacial score (nSPS) is 18.7. The van der Waals surface area contributed by atoms with E-state index in [9.17, 15) is 4.79 Å². The van der Waals surface area contributed by atoms with E-state index in [0.717, 1.165) is 50.4 Å². The third-order valence-electron chi connectivity index (χ3n) is 3.73. The zero-order valence-electron chi connectivity index (χ0n) is 13.3.